The average Bonchev–Trinajstić information content (AvgIpc) is 2.67. The Morgan fingerprint density at radius 1 is 1.19 bits per heavy atom. The van der Waals surface area contributed by atoms with Gasteiger partial charge in [-0.15, -0.1) is 0 Å². The number of rotatable bonds is 4. The fraction of sp³-hybridized carbons (Fsp3) is 0.611. The minimum atomic E-state index is -4.51. The third kappa shape index (κ3) is 5.08. The number of anilines is 1. The molecule has 1 aromatic rings. The van der Waals surface area contributed by atoms with Crippen LogP contribution in [-0.4, -0.2) is 60.8 Å². The van der Waals surface area contributed by atoms with Crippen LogP contribution in [0, 0.1) is 0 Å². The lowest BCUT2D eigenvalue weighted by molar-refractivity contribution is -0.136. The Morgan fingerprint density at radius 3 is 2.52 bits per heavy atom. The molecule has 0 bridgehead atoms. The maximum atomic E-state index is 13.1. The summed E-state index contributed by atoms with van der Waals surface area (Å²) in [7, 11) is 0. The van der Waals surface area contributed by atoms with Crippen molar-refractivity contribution in [2.45, 2.75) is 24.6 Å². The van der Waals surface area contributed by atoms with Gasteiger partial charge in [-0.1, -0.05) is 12.1 Å². The van der Waals surface area contributed by atoms with Gasteiger partial charge in [-0.25, -0.2) is 4.79 Å². The smallest absolute Gasteiger partial charge is 0.379 e. The highest BCUT2D eigenvalue weighted by atomic mass is 32.2. The second-order valence-electron chi connectivity index (χ2n) is 6.79. The summed E-state index contributed by atoms with van der Waals surface area (Å²) in [4.78, 5) is 14.7. The number of carbonyl (C=O) groups excluding carboxylic acids is 1. The second kappa shape index (κ2) is 8.70. The maximum Gasteiger partial charge on any atom is 0.418 e. The molecular weight excluding hydrogens is 379 g/mol. The first-order valence-corrected chi connectivity index (χ1v) is 10.2. The van der Waals surface area contributed by atoms with Crippen LogP contribution < -0.4 is 10.6 Å². The summed E-state index contributed by atoms with van der Waals surface area (Å²) in [5.74, 6) is 2.02. The topological polar surface area (TPSA) is 53.6 Å². The van der Waals surface area contributed by atoms with Crippen molar-refractivity contribution >= 4 is 23.5 Å². The predicted molar refractivity (Wildman–Crippen MR) is 100 cm³/mol. The van der Waals surface area contributed by atoms with Crippen molar-refractivity contribution in [1.82, 2.24) is 10.2 Å². The van der Waals surface area contributed by atoms with E-state index in [2.05, 4.69) is 15.5 Å². The lowest BCUT2D eigenvalue weighted by Crippen LogP contribution is -2.60. The number of nitrogens with one attached hydrogen (secondary N) is 2. The minimum Gasteiger partial charge on any atom is -0.379 e. The Labute approximate surface area is 161 Å². The molecular formula is C18H24F3N3O2S. The fourth-order valence-corrected chi connectivity index (χ4v) is 4.90. The van der Waals surface area contributed by atoms with E-state index in [1.165, 1.54) is 18.2 Å². The summed E-state index contributed by atoms with van der Waals surface area (Å²) in [5, 5.41) is 5.17. The molecule has 2 fully saturated rings. The van der Waals surface area contributed by atoms with Gasteiger partial charge in [0.25, 0.3) is 0 Å². The van der Waals surface area contributed by atoms with E-state index in [1.54, 1.807) is 0 Å². The highest BCUT2D eigenvalue weighted by Gasteiger charge is 2.39. The van der Waals surface area contributed by atoms with Gasteiger partial charge in [0.2, 0.25) is 0 Å². The fourth-order valence-electron chi connectivity index (χ4n) is 3.64. The summed E-state index contributed by atoms with van der Waals surface area (Å²) in [6, 6.07) is 4.38. The van der Waals surface area contributed by atoms with E-state index in [4.69, 9.17) is 4.74 Å². The number of para-hydroxylation sites is 1. The molecule has 0 aromatic heterocycles. The van der Waals surface area contributed by atoms with Crippen LogP contribution in [0.15, 0.2) is 24.3 Å². The zero-order valence-corrected chi connectivity index (χ0v) is 15.8. The Morgan fingerprint density at radius 2 is 1.85 bits per heavy atom. The molecule has 2 aliphatic rings. The molecule has 0 atom stereocenters. The van der Waals surface area contributed by atoms with Crippen molar-refractivity contribution in [3.8, 4) is 0 Å². The monoisotopic (exact) mass is 403 g/mol. The van der Waals surface area contributed by atoms with Crippen molar-refractivity contribution in [2.75, 3.05) is 49.7 Å². The lowest BCUT2D eigenvalue weighted by Gasteiger charge is -2.48. The molecule has 2 heterocycles. The number of halogens is 3. The number of ether oxygens (including phenoxy) is 1. The number of thioether (sulfide) groups is 1. The number of morpholine rings is 1. The highest BCUT2D eigenvalue weighted by molar-refractivity contribution is 7.99. The third-order valence-electron chi connectivity index (χ3n) is 5.16. The van der Waals surface area contributed by atoms with Crippen molar-refractivity contribution in [1.29, 1.82) is 0 Å². The van der Waals surface area contributed by atoms with Gasteiger partial charge >= 0.3 is 12.2 Å². The quantitative estimate of drug-likeness (QED) is 0.809. The molecule has 2 saturated heterocycles. The highest BCUT2D eigenvalue weighted by Crippen LogP contribution is 2.35. The number of benzene rings is 1. The molecule has 2 N–H and O–H groups in total. The van der Waals surface area contributed by atoms with Crippen LogP contribution in [0.5, 0.6) is 0 Å². The van der Waals surface area contributed by atoms with E-state index < -0.39 is 17.8 Å². The van der Waals surface area contributed by atoms with Crippen molar-refractivity contribution in [3.63, 3.8) is 0 Å². The van der Waals surface area contributed by atoms with Crippen LogP contribution >= 0.6 is 11.8 Å². The Kier molecular flexibility index (Phi) is 6.54. The Balaban J connectivity index is 1.65. The second-order valence-corrected chi connectivity index (χ2v) is 8.01. The van der Waals surface area contributed by atoms with E-state index in [0.29, 0.717) is 19.8 Å². The SMILES string of the molecule is O=C(NCC1(N2CCOCC2)CCSCC1)Nc1ccccc1C(F)(F)F. The molecule has 3 rings (SSSR count). The summed E-state index contributed by atoms with van der Waals surface area (Å²) in [6.07, 6.45) is -2.63. The molecule has 0 unspecified atom stereocenters. The van der Waals surface area contributed by atoms with E-state index in [-0.39, 0.29) is 11.2 Å². The normalized spacial score (nSPS) is 20.9. The van der Waals surface area contributed by atoms with Gasteiger partial charge in [0.15, 0.2) is 0 Å². The van der Waals surface area contributed by atoms with Gasteiger partial charge in [-0.3, -0.25) is 4.90 Å². The molecule has 27 heavy (non-hydrogen) atoms. The zero-order chi connectivity index (χ0) is 19.3. The van der Waals surface area contributed by atoms with Crippen LogP contribution in [-0.2, 0) is 10.9 Å². The first kappa shape index (κ1) is 20.3. The summed E-state index contributed by atoms with van der Waals surface area (Å²) in [5.41, 5.74) is -1.24. The van der Waals surface area contributed by atoms with Gasteiger partial charge in [0, 0.05) is 25.2 Å². The van der Waals surface area contributed by atoms with Crippen LogP contribution in [0.1, 0.15) is 18.4 Å². The molecule has 2 amide bonds. The third-order valence-corrected chi connectivity index (χ3v) is 6.15. The Hall–Kier alpha value is -1.45. The van der Waals surface area contributed by atoms with Crippen LogP contribution in [0.4, 0.5) is 23.7 Å². The Bertz CT molecular complexity index is 645. The standard InChI is InChI=1S/C18H24F3N3O2S/c19-18(20,21)14-3-1-2-4-15(14)23-16(25)22-13-17(5-11-27-12-6-17)24-7-9-26-10-8-24/h1-4H,5-13H2,(H2,22,23,25). The number of hydrogen-bond donors (Lipinski definition) is 2. The van der Waals surface area contributed by atoms with E-state index in [9.17, 15) is 18.0 Å². The first-order chi connectivity index (χ1) is 12.9. The zero-order valence-electron chi connectivity index (χ0n) is 15.0. The van der Waals surface area contributed by atoms with E-state index in [0.717, 1.165) is 43.5 Å². The summed E-state index contributed by atoms with van der Waals surface area (Å²) >= 11 is 1.89. The molecule has 5 nitrogen and oxygen atoms in total. The summed E-state index contributed by atoms with van der Waals surface area (Å²) < 4.78 is 44.7. The summed E-state index contributed by atoms with van der Waals surface area (Å²) in [6.45, 7) is 3.36. The number of urea groups is 1. The molecule has 0 aliphatic carbocycles. The molecule has 1 aromatic carbocycles. The van der Waals surface area contributed by atoms with Crippen LogP contribution in [0.2, 0.25) is 0 Å². The number of carbonyl (C=O) groups is 1. The van der Waals surface area contributed by atoms with Crippen LogP contribution in [0.3, 0.4) is 0 Å². The number of amides is 2. The van der Waals surface area contributed by atoms with Crippen LogP contribution in [0.25, 0.3) is 0 Å². The van der Waals surface area contributed by atoms with Gasteiger partial charge < -0.3 is 15.4 Å². The van der Waals surface area contributed by atoms with Gasteiger partial charge in [0.05, 0.1) is 24.5 Å². The molecule has 0 radical (unpaired) electrons. The largest absolute Gasteiger partial charge is 0.418 e. The molecule has 2 aliphatic heterocycles. The average molecular weight is 403 g/mol. The number of hydrogen-bond acceptors (Lipinski definition) is 4. The van der Waals surface area contributed by atoms with E-state index in [1.807, 2.05) is 11.8 Å². The number of nitrogens with zero attached hydrogens (tertiary/aromatic N) is 1. The van der Waals surface area contributed by atoms with Crippen molar-refractivity contribution in [3.05, 3.63) is 29.8 Å². The number of alkyl halides is 3. The van der Waals surface area contributed by atoms with Crippen molar-refractivity contribution in [2.24, 2.45) is 0 Å². The predicted octanol–water partition coefficient (Wildman–Crippen LogP) is 3.42. The molecule has 150 valence electrons. The lowest BCUT2D eigenvalue weighted by atomic mass is 9.89. The molecule has 0 saturated carbocycles. The van der Waals surface area contributed by atoms with Gasteiger partial charge in [-0.2, -0.15) is 24.9 Å². The maximum absolute atomic E-state index is 13.1. The molecule has 9 heteroatoms. The first-order valence-electron chi connectivity index (χ1n) is 9.02. The van der Waals surface area contributed by atoms with Gasteiger partial charge in [-0.05, 0) is 36.5 Å². The van der Waals surface area contributed by atoms with Crippen molar-refractivity contribution < 1.29 is 22.7 Å². The minimum absolute atomic E-state index is 0.157. The van der Waals surface area contributed by atoms with E-state index >= 15 is 0 Å². The van der Waals surface area contributed by atoms with Gasteiger partial charge in [0.1, 0.15) is 0 Å². The molecule has 0 spiro atoms.